The third-order valence-electron chi connectivity index (χ3n) is 3.13. The van der Waals surface area contributed by atoms with Crippen molar-refractivity contribution in [2.75, 3.05) is 18.5 Å². The molecule has 1 aromatic carbocycles. The Morgan fingerprint density at radius 3 is 2.85 bits per heavy atom. The smallest absolute Gasteiger partial charge is 0.331 e. The van der Waals surface area contributed by atoms with Crippen LogP contribution in [0.4, 0.5) is 11.4 Å². The molecule has 2 N–H and O–H groups in total. The average molecular weight is 277 g/mol. The van der Waals surface area contributed by atoms with Gasteiger partial charge in [0, 0.05) is 24.8 Å². The van der Waals surface area contributed by atoms with Crippen LogP contribution in [0.5, 0.6) is 0 Å². The van der Waals surface area contributed by atoms with Crippen LogP contribution in [-0.4, -0.2) is 34.8 Å². The molecule has 0 saturated carbocycles. The molecule has 8 nitrogen and oxygen atoms in total. The molecule has 1 saturated heterocycles. The highest BCUT2D eigenvalue weighted by atomic mass is 16.6. The van der Waals surface area contributed by atoms with Crippen molar-refractivity contribution in [2.24, 2.45) is 0 Å². The minimum atomic E-state index is -1.29. The number of carboxylic acid groups (broad SMARTS) is 1. The van der Waals surface area contributed by atoms with E-state index in [2.05, 4.69) is 5.32 Å². The summed E-state index contributed by atoms with van der Waals surface area (Å²) in [5.74, 6) is -1.08. The number of nitro benzene ring substituents is 1. The Hall–Kier alpha value is -2.66. The standard InChI is InChI=1S/C12H11N3O5/c13-6-8-1-2-9(5-10(8)15(18)19)14-12(11(16)17)3-4-20-7-12/h1-2,5,14H,3-4,7H2,(H,16,17). The molecule has 0 spiro atoms. The highest BCUT2D eigenvalue weighted by molar-refractivity contribution is 5.83. The van der Waals surface area contributed by atoms with E-state index in [1.54, 1.807) is 6.07 Å². The third kappa shape index (κ3) is 2.39. The number of hydrogen-bond acceptors (Lipinski definition) is 6. The fraction of sp³-hybridized carbons (Fsp3) is 0.333. The van der Waals surface area contributed by atoms with Crippen LogP contribution in [0.3, 0.4) is 0 Å². The van der Waals surface area contributed by atoms with Gasteiger partial charge in [0.1, 0.15) is 11.6 Å². The van der Waals surface area contributed by atoms with Gasteiger partial charge in [-0.2, -0.15) is 5.26 Å². The topological polar surface area (TPSA) is 125 Å². The molecule has 0 aromatic heterocycles. The number of rotatable bonds is 4. The minimum absolute atomic E-state index is 0.0177. The number of carboxylic acids is 1. The highest BCUT2D eigenvalue weighted by Crippen LogP contribution is 2.28. The summed E-state index contributed by atoms with van der Waals surface area (Å²) >= 11 is 0. The zero-order valence-corrected chi connectivity index (χ0v) is 10.3. The fourth-order valence-electron chi connectivity index (χ4n) is 2.02. The van der Waals surface area contributed by atoms with E-state index in [-0.39, 0.29) is 30.0 Å². The number of benzene rings is 1. The first-order valence-corrected chi connectivity index (χ1v) is 5.76. The molecule has 20 heavy (non-hydrogen) atoms. The van der Waals surface area contributed by atoms with Gasteiger partial charge < -0.3 is 15.2 Å². The predicted octanol–water partition coefficient (Wildman–Crippen LogP) is 1.12. The van der Waals surface area contributed by atoms with Gasteiger partial charge in [-0.3, -0.25) is 10.1 Å². The molecule has 0 amide bonds. The molecule has 0 aliphatic carbocycles. The van der Waals surface area contributed by atoms with Crippen LogP contribution in [0.1, 0.15) is 12.0 Å². The number of anilines is 1. The van der Waals surface area contributed by atoms with Crippen molar-refractivity contribution < 1.29 is 19.6 Å². The molecule has 1 aliphatic heterocycles. The molecule has 0 bridgehead atoms. The van der Waals surface area contributed by atoms with Crippen LogP contribution in [0.2, 0.25) is 0 Å². The van der Waals surface area contributed by atoms with Crippen LogP contribution in [-0.2, 0) is 9.53 Å². The molecule has 104 valence electrons. The SMILES string of the molecule is N#Cc1ccc(NC2(C(=O)O)CCOC2)cc1[N+](=O)[O-]. The second kappa shape index (κ2) is 5.14. The zero-order valence-electron chi connectivity index (χ0n) is 10.3. The normalized spacial score (nSPS) is 21.1. The van der Waals surface area contributed by atoms with E-state index in [9.17, 15) is 20.0 Å². The lowest BCUT2D eigenvalue weighted by Gasteiger charge is -2.24. The van der Waals surface area contributed by atoms with Crippen molar-refractivity contribution in [1.29, 1.82) is 5.26 Å². The second-order valence-corrected chi connectivity index (χ2v) is 4.42. The summed E-state index contributed by atoms with van der Waals surface area (Å²) in [7, 11) is 0. The van der Waals surface area contributed by atoms with Gasteiger partial charge in [-0.05, 0) is 12.1 Å². The van der Waals surface area contributed by atoms with E-state index in [1.165, 1.54) is 12.1 Å². The largest absolute Gasteiger partial charge is 0.479 e. The summed E-state index contributed by atoms with van der Waals surface area (Å²) in [5, 5.41) is 31.7. The maximum atomic E-state index is 11.3. The van der Waals surface area contributed by atoms with Crippen LogP contribution in [0.15, 0.2) is 18.2 Å². The summed E-state index contributed by atoms with van der Waals surface area (Å²) in [6.07, 6.45) is 0.260. The molecule has 8 heteroatoms. The summed E-state index contributed by atoms with van der Waals surface area (Å²) in [6.45, 7) is 0.286. The molecule has 1 atom stereocenters. The molecule has 0 radical (unpaired) electrons. The summed E-state index contributed by atoms with van der Waals surface area (Å²) in [4.78, 5) is 21.5. The van der Waals surface area contributed by atoms with Gasteiger partial charge in [0.25, 0.3) is 5.69 Å². The number of nitro groups is 1. The van der Waals surface area contributed by atoms with Gasteiger partial charge in [0.05, 0.1) is 11.5 Å². The highest BCUT2D eigenvalue weighted by Gasteiger charge is 2.42. The number of nitriles is 1. The maximum Gasteiger partial charge on any atom is 0.331 e. The summed E-state index contributed by atoms with van der Waals surface area (Å²) < 4.78 is 5.09. The van der Waals surface area contributed by atoms with Gasteiger partial charge in [-0.1, -0.05) is 0 Å². The Morgan fingerprint density at radius 1 is 1.60 bits per heavy atom. The monoisotopic (exact) mass is 277 g/mol. The molecule has 2 rings (SSSR count). The first kappa shape index (κ1) is 13.8. The Bertz CT molecular complexity index is 602. The number of carbonyl (C=O) groups is 1. The van der Waals surface area contributed by atoms with Crippen molar-refractivity contribution in [3.63, 3.8) is 0 Å². The molecular formula is C12H11N3O5. The number of nitrogens with zero attached hydrogens (tertiary/aromatic N) is 2. The molecular weight excluding hydrogens is 266 g/mol. The van der Waals surface area contributed by atoms with Crippen molar-refractivity contribution in [3.05, 3.63) is 33.9 Å². The Labute approximate surface area is 113 Å². The van der Waals surface area contributed by atoms with E-state index in [0.29, 0.717) is 6.61 Å². The van der Waals surface area contributed by atoms with Gasteiger partial charge in [0.15, 0.2) is 5.54 Å². The molecule has 1 fully saturated rings. The van der Waals surface area contributed by atoms with Crippen molar-refractivity contribution in [1.82, 2.24) is 0 Å². The lowest BCUT2D eigenvalue weighted by Crippen LogP contribution is -2.47. The van der Waals surface area contributed by atoms with E-state index >= 15 is 0 Å². The van der Waals surface area contributed by atoms with E-state index in [0.717, 1.165) is 6.07 Å². The van der Waals surface area contributed by atoms with E-state index in [4.69, 9.17) is 10.00 Å². The van der Waals surface area contributed by atoms with E-state index < -0.39 is 16.4 Å². The Kier molecular flexibility index (Phi) is 3.54. The van der Waals surface area contributed by atoms with Gasteiger partial charge in [0.2, 0.25) is 0 Å². The van der Waals surface area contributed by atoms with Crippen LogP contribution < -0.4 is 5.32 Å². The fourth-order valence-corrected chi connectivity index (χ4v) is 2.02. The first-order valence-electron chi connectivity index (χ1n) is 5.76. The Morgan fingerprint density at radius 2 is 2.35 bits per heavy atom. The summed E-state index contributed by atoms with van der Waals surface area (Å²) in [5.41, 5.74) is -1.46. The predicted molar refractivity (Wildman–Crippen MR) is 67.2 cm³/mol. The van der Waals surface area contributed by atoms with Crippen LogP contribution >= 0.6 is 0 Å². The van der Waals surface area contributed by atoms with Crippen LogP contribution in [0, 0.1) is 21.4 Å². The number of ether oxygens (including phenoxy) is 1. The zero-order chi connectivity index (χ0) is 14.8. The molecule has 1 aliphatic rings. The Balaban J connectivity index is 2.35. The van der Waals surface area contributed by atoms with E-state index in [1.807, 2.05) is 0 Å². The maximum absolute atomic E-state index is 11.3. The first-order chi connectivity index (χ1) is 9.48. The third-order valence-corrected chi connectivity index (χ3v) is 3.13. The van der Waals surface area contributed by atoms with Crippen molar-refractivity contribution in [2.45, 2.75) is 12.0 Å². The van der Waals surface area contributed by atoms with Crippen LogP contribution in [0.25, 0.3) is 0 Å². The number of hydrogen-bond donors (Lipinski definition) is 2. The summed E-state index contributed by atoms with van der Waals surface area (Å²) in [6, 6.07) is 5.60. The van der Waals surface area contributed by atoms with Gasteiger partial charge in [-0.15, -0.1) is 0 Å². The minimum Gasteiger partial charge on any atom is -0.479 e. The number of nitrogens with one attached hydrogen (secondary N) is 1. The lowest BCUT2D eigenvalue weighted by atomic mass is 9.98. The average Bonchev–Trinajstić information content (AvgIpc) is 2.88. The van der Waals surface area contributed by atoms with Crippen molar-refractivity contribution in [3.8, 4) is 6.07 Å². The molecule has 1 heterocycles. The lowest BCUT2D eigenvalue weighted by molar-refractivity contribution is -0.385. The second-order valence-electron chi connectivity index (χ2n) is 4.42. The molecule has 1 aromatic rings. The quantitative estimate of drug-likeness (QED) is 0.623. The molecule has 1 unspecified atom stereocenters. The van der Waals surface area contributed by atoms with Crippen molar-refractivity contribution >= 4 is 17.3 Å². The number of aliphatic carboxylic acids is 1. The van der Waals surface area contributed by atoms with Gasteiger partial charge >= 0.3 is 5.97 Å². The van der Waals surface area contributed by atoms with Gasteiger partial charge in [-0.25, -0.2) is 4.79 Å².